The van der Waals surface area contributed by atoms with E-state index in [9.17, 15) is 9.59 Å². The van der Waals surface area contributed by atoms with Crippen LogP contribution in [0.3, 0.4) is 0 Å². The van der Waals surface area contributed by atoms with Crippen molar-refractivity contribution in [1.82, 2.24) is 10.3 Å². The fourth-order valence-corrected chi connectivity index (χ4v) is 2.00. The van der Waals surface area contributed by atoms with Gasteiger partial charge < -0.3 is 20.1 Å². The number of aliphatic carboxylic acids is 1. The van der Waals surface area contributed by atoms with Gasteiger partial charge in [-0.15, -0.1) is 0 Å². The zero-order valence-electron chi connectivity index (χ0n) is 12.1. The van der Waals surface area contributed by atoms with E-state index in [4.69, 9.17) is 5.11 Å². The van der Waals surface area contributed by atoms with Gasteiger partial charge in [-0.2, -0.15) is 0 Å². The van der Waals surface area contributed by atoms with Crippen LogP contribution in [0.25, 0.3) is 0 Å². The summed E-state index contributed by atoms with van der Waals surface area (Å²) in [6.45, 7) is 4.93. The lowest BCUT2D eigenvalue weighted by Crippen LogP contribution is -2.29. The first-order valence-electron chi connectivity index (χ1n) is 6.63. The predicted molar refractivity (Wildman–Crippen MR) is 74.4 cm³/mol. The number of H-pyrrole nitrogens is 1. The van der Waals surface area contributed by atoms with Crippen LogP contribution in [0, 0.1) is 11.8 Å². The molecule has 0 amide bonds. The lowest BCUT2D eigenvalue weighted by Gasteiger charge is -2.15. The van der Waals surface area contributed by atoms with Crippen LogP contribution in [-0.4, -0.2) is 35.7 Å². The number of carbonyl (C=O) groups excluding carboxylic acids is 1. The number of carbonyl (C=O) groups is 2. The molecule has 1 aromatic heterocycles. The number of hydrogen-bond donors (Lipinski definition) is 3. The van der Waals surface area contributed by atoms with E-state index in [2.05, 4.69) is 15.0 Å². The number of ether oxygens (including phenoxy) is 1. The third-order valence-electron chi connectivity index (χ3n) is 2.97. The summed E-state index contributed by atoms with van der Waals surface area (Å²) in [5.74, 6) is -1.25. The Balaban J connectivity index is 2.44. The summed E-state index contributed by atoms with van der Waals surface area (Å²) in [4.78, 5) is 25.2. The second kappa shape index (κ2) is 7.69. The smallest absolute Gasteiger partial charge is 0.354 e. The van der Waals surface area contributed by atoms with Crippen LogP contribution in [0.4, 0.5) is 0 Å². The molecule has 1 heterocycles. The Morgan fingerprint density at radius 1 is 1.45 bits per heavy atom. The number of methoxy groups -OCH3 is 1. The van der Waals surface area contributed by atoms with Gasteiger partial charge in [0.1, 0.15) is 5.69 Å². The number of aromatic nitrogens is 1. The highest BCUT2D eigenvalue weighted by molar-refractivity contribution is 5.87. The third-order valence-corrected chi connectivity index (χ3v) is 2.97. The minimum absolute atomic E-state index is 0.344. The fourth-order valence-electron chi connectivity index (χ4n) is 2.00. The average molecular weight is 282 g/mol. The molecule has 0 aromatic carbocycles. The standard InChI is InChI=1S/C14H22N2O4/c1-9(2)4-11(13(17)18)8-15-6-10-5-12(16-7-10)14(19)20-3/h5,7,9,11,15-16H,4,6,8H2,1-3H3,(H,17,18). The first kappa shape index (κ1) is 16.2. The van der Waals surface area contributed by atoms with E-state index in [1.807, 2.05) is 13.8 Å². The van der Waals surface area contributed by atoms with Crippen molar-refractivity contribution < 1.29 is 19.4 Å². The number of aromatic amines is 1. The molecule has 0 spiro atoms. The molecule has 1 rings (SSSR count). The van der Waals surface area contributed by atoms with E-state index in [1.54, 1.807) is 12.3 Å². The van der Waals surface area contributed by atoms with Crippen LogP contribution < -0.4 is 5.32 Å². The maximum atomic E-state index is 11.3. The quantitative estimate of drug-likeness (QED) is 0.630. The Hall–Kier alpha value is -1.82. The van der Waals surface area contributed by atoms with Crippen LogP contribution in [0.2, 0.25) is 0 Å². The average Bonchev–Trinajstić information content (AvgIpc) is 2.84. The minimum atomic E-state index is -0.782. The number of carboxylic acid groups (broad SMARTS) is 1. The van der Waals surface area contributed by atoms with E-state index in [-0.39, 0.29) is 0 Å². The monoisotopic (exact) mass is 282 g/mol. The van der Waals surface area contributed by atoms with Gasteiger partial charge in [-0.1, -0.05) is 13.8 Å². The van der Waals surface area contributed by atoms with Crippen molar-refractivity contribution in [2.24, 2.45) is 11.8 Å². The second-order valence-corrected chi connectivity index (χ2v) is 5.21. The topological polar surface area (TPSA) is 91.4 Å². The molecule has 1 unspecified atom stereocenters. The van der Waals surface area contributed by atoms with E-state index in [0.717, 1.165) is 5.56 Å². The third kappa shape index (κ3) is 5.05. The van der Waals surface area contributed by atoms with Crippen LogP contribution in [0.5, 0.6) is 0 Å². The molecule has 0 aliphatic carbocycles. The zero-order valence-corrected chi connectivity index (χ0v) is 12.1. The first-order chi connectivity index (χ1) is 9.43. The highest BCUT2D eigenvalue weighted by atomic mass is 16.5. The number of rotatable bonds is 8. The Morgan fingerprint density at radius 3 is 2.70 bits per heavy atom. The molecule has 0 fully saturated rings. The summed E-state index contributed by atoms with van der Waals surface area (Å²) < 4.78 is 4.60. The van der Waals surface area contributed by atoms with Gasteiger partial charge in [0.2, 0.25) is 0 Å². The Bertz CT molecular complexity index is 454. The second-order valence-electron chi connectivity index (χ2n) is 5.21. The van der Waals surface area contributed by atoms with Gasteiger partial charge in [0.25, 0.3) is 0 Å². The highest BCUT2D eigenvalue weighted by Crippen LogP contribution is 2.11. The first-order valence-corrected chi connectivity index (χ1v) is 6.63. The lowest BCUT2D eigenvalue weighted by molar-refractivity contribution is -0.142. The Kier molecular flexibility index (Phi) is 6.24. The van der Waals surface area contributed by atoms with Crippen molar-refractivity contribution in [2.45, 2.75) is 26.8 Å². The molecule has 1 atom stereocenters. The maximum absolute atomic E-state index is 11.3. The van der Waals surface area contributed by atoms with Crippen LogP contribution in [0.15, 0.2) is 12.3 Å². The van der Waals surface area contributed by atoms with Gasteiger partial charge in [-0.05, 0) is 24.0 Å². The van der Waals surface area contributed by atoms with Crippen molar-refractivity contribution in [1.29, 1.82) is 0 Å². The van der Waals surface area contributed by atoms with Crippen molar-refractivity contribution in [3.05, 3.63) is 23.5 Å². The summed E-state index contributed by atoms with van der Waals surface area (Å²) in [5.41, 5.74) is 1.28. The molecule has 112 valence electrons. The number of esters is 1. The van der Waals surface area contributed by atoms with E-state index < -0.39 is 17.9 Å². The molecule has 6 nitrogen and oxygen atoms in total. The summed E-state index contributed by atoms with van der Waals surface area (Å²) in [6, 6.07) is 1.69. The van der Waals surface area contributed by atoms with E-state index >= 15 is 0 Å². The summed E-state index contributed by atoms with van der Waals surface area (Å²) in [7, 11) is 1.32. The summed E-state index contributed by atoms with van der Waals surface area (Å²) in [5, 5.41) is 12.2. The molecule has 6 heteroatoms. The molecule has 0 aliphatic rings. The SMILES string of the molecule is COC(=O)c1cc(CNCC(CC(C)C)C(=O)O)c[nH]1. The maximum Gasteiger partial charge on any atom is 0.354 e. The lowest BCUT2D eigenvalue weighted by atomic mass is 9.97. The molecular weight excluding hydrogens is 260 g/mol. The number of nitrogens with one attached hydrogen (secondary N) is 2. The minimum Gasteiger partial charge on any atom is -0.481 e. The molecule has 0 radical (unpaired) electrons. The fraction of sp³-hybridized carbons (Fsp3) is 0.571. The van der Waals surface area contributed by atoms with Gasteiger partial charge in [-0.3, -0.25) is 4.79 Å². The van der Waals surface area contributed by atoms with Gasteiger partial charge in [-0.25, -0.2) is 4.79 Å². The summed E-state index contributed by atoms with van der Waals surface area (Å²) >= 11 is 0. The van der Waals surface area contributed by atoms with Gasteiger partial charge in [0, 0.05) is 19.3 Å². The molecule has 1 aromatic rings. The van der Waals surface area contributed by atoms with Crippen LogP contribution in [0.1, 0.15) is 36.3 Å². The van der Waals surface area contributed by atoms with Crippen molar-refractivity contribution in [3.8, 4) is 0 Å². The normalized spacial score (nSPS) is 12.4. The predicted octanol–water partition coefficient (Wildman–Crippen LogP) is 1.64. The molecule has 3 N–H and O–H groups in total. The molecular formula is C14H22N2O4. The molecule has 0 saturated heterocycles. The van der Waals surface area contributed by atoms with E-state index in [1.165, 1.54) is 7.11 Å². The van der Waals surface area contributed by atoms with E-state index in [0.29, 0.717) is 31.1 Å². The molecule has 0 aliphatic heterocycles. The van der Waals surface area contributed by atoms with Crippen LogP contribution >= 0.6 is 0 Å². The van der Waals surface area contributed by atoms with Crippen molar-refractivity contribution in [2.75, 3.05) is 13.7 Å². The zero-order chi connectivity index (χ0) is 15.1. The number of carboxylic acids is 1. The molecule has 20 heavy (non-hydrogen) atoms. The Labute approximate surface area is 118 Å². The largest absolute Gasteiger partial charge is 0.481 e. The van der Waals surface area contributed by atoms with Gasteiger partial charge in [0.05, 0.1) is 13.0 Å². The molecule has 0 saturated carbocycles. The van der Waals surface area contributed by atoms with Crippen molar-refractivity contribution in [3.63, 3.8) is 0 Å². The number of hydrogen-bond acceptors (Lipinski definition) is 4. The highest BCUT2D eigenvalue weighted by Gasteiger charge is 2.18. The molecule has 0 bridgehead atoms. The summed E-state index contributed by atoms with van der Waals surface area (Å²) in [6.07, 6.45) is 2.35. The Morgan fingerprint density at radius 2 is 2.15 bits per heavy atom. The van der Waals surface area contributed by atoms with Gasteiger partial charge >= 0.3 is 11.9 Å². The van der Waals surface area contributed by atoms with Gasteiger partial charge in [0.15, 0.2) is 0 Å². The van der Waals surface area contributed by atoms with Crippen LogP contribution in [-0.2, 0) is 16.1 Å². The van der Waals surface area contributed by atoms with Crippen molar-refractivity contribution >= 4 is 11.9 Å².